The molecule has 72 valence electrons. The predicted molar refractivity (Wildman–Crippen MR) is 49.7 cm³/mol. The average Bonchev–Trinajstić information content (AvgIpc) is 2.08. The van der Waals surface area contributed by atoms with Gasteiger partial charge < -0.3 is 16.6 Å². The van der Waals surface area contributed by atoms with Crippen LogP contribution in [0.1, 0.15) is 12.8 Å². The van der Waals surface area contributed by atoms with Crippen LogP contribution < -0.4 is 11.5 Å². The molecular formula is C9H14N2O2. The van der Waals surface area contributed by atoms with Gasteiger partial charge in [0.05, 0.1) is 6.04 Å². The van der Waals surface area contributed by atoms with Crippen molar-refractivity contribution in [3.8, 4) is 0 Å². The average molecular weight is 182 g/mol. The first kappa shape index (κ1) is 9.80. The lowest BCUT2D eigenvalue weighted by atomic mass is 9.93. The van der Waals surface area contributed by atoms with Crippen LogP contribution in [0, 0.1) is 5.92 Å². The third-order valence-corrected chi connectivity index (χ3v) is 2.09. The highest BCUT2D eigenvalue weighted by molar-refractivity contribution is 5.79. The van der Waals surface area contributed by atoms with E-state index in [4.69, 9.17) is 16.6 Å². The molecule has 0 aromatic rings. The van der Waals surface area contributed by atoms with Crippen LogP contribution in [0.4, 0.5) is 0 Å². The third-order valence-electron chi connectivity index (χ3n) is 2.09. The van der Waals surface area contributed by atoms with Crippen LogP contribution >= 0.6 is 0 Å². The third kappa shape index (κ3) is 2.91. The second kappa shape index (κ2) is 4.09. The molecule has 1 rings (SSSR count). The van der Waals surface area contributed by atoms with Gasteiger partial charge in [0.25, 0.3) is 0 Å². The Morgan fingerprint density at radius 3 is 2.92 bits per heavy atom. The lowest BCUT2D eigenvalue weighted by Crippen LogP contribution is -2.37. The Morgan fingerprint density at radius 2 is 2.46 bits per heavy atom. The summed E-state index contributed by atoms with van der Waals surface area (Å²) in [5.74, 6) is -0.00512. The van der Waals surface area contributed by atoms with Gasteiger partial charge in [-0.1, -0.05) is 6.08 Å². The van der Waals surface area contributed by atoms with Crippen molar-refractivity contribution in [2.75, 3.05) is 0 Å². The van der Waals surface area contributed by atoms with Crippen molar-refractivity contribution in [1.82, 2.24) is 0 Å². The van der Waals surface area contributed by atoms with Crippen LogP contribution in [0.15, 0.2) is 24.0 Å². The normalized spacial score (nSPS) is 23.8. The number of nitrogens with two attached hydrogens (primary N) is 2. The SMILES string of the molecule is NC(=O)C(N)CC1C=CC(O)=CC1. The molecule has 2 unspecified atom stereocenters. The molecule has 0 saturated heterocycles. The highest BCUT2D eigenvalue weighted by Gasteiger charge is 2.16. The molecule has 1 amide bonds. The number of amides is 1. The molecule has 0 saturated carbocycles. The molecule has 5 N–H and O–H groups in total. The van der Waals surface area contributed by atoms with E-state index in [-0.39, 0.29) is 11.7 Å². The minimum Gasteiger partial charge on any atom is -0.508 e. The molecule has 0 radical (unpaired) electrons. The summed E-state index contributed by atoms with van der Waals surface area (Å²) in [6.07, 6.45) is 6.41. The Labute approximate surface area is 76.9 Å². The van der Waals surface area contributed by atoms with E-state index in [1.165, 1.54) is 0 Å². The smallest absolute Gasteiger partial charge is 0.234 e. The van der Waals surface area contributed by atoms with Gasteiger partial charge >= 0.3 is 0 Å². The molecule has 0 bridgehead atoms. The molecule has 0 aliphatic heterocycles. The lowest BCUT2D eigenvalue weighted by Gasteiger charge is -2.16. The van der Waals surface area contributed by atoms with Gasteiger partial charge in [0.1, 0.15) is 5.76 Å². The summed E-state index contributed by atoms with van der Waals surface area (Å²) < 4.78 is 0. The largest absolute Gasteiger partial charge is 0.508 e. The van der Waals surface area contributed by atoms with Crippen molar-refractivity contribution in [3.05, 3.63) is 24.0 Å². The van der Waals surface area contributed by atoms with Crippen LogP contribution in [-0.2, 0) is 4.79 Å². The van der Waals surface area contributed by atoms with Crippen molar-refractivity contribution >= 4 is 5.91 Å². The lowest BCUT2D eigenvalue weighted by molar-refractivity contribution is -0.119. The van der Waals surface area contributed by atoms with Crippen LogP contribution in [-0.4, -0.2) is 17.1 Å². The maximum atomic E-state index is 10.6. The van der Waals surface area contributed by atoms with Crippen molar-refractivity contribution in [3.63, 3.8) is 0 Å². The number of primary amides is 1. The fraction of sp³-hybridized carbons (Fsp3) is 0.444. The van der Waals surface area contributed by atoms with Crippen LogP contribution in [0.2, 0.25) is 0 Å². The summed E-state index contributed by atoms with van der Waals surface area (Å²) in [5, 5.41) is 9.02. The number of aliphatic hydroxyl groups excluding tert-OH is 1. The van der Waals surface area contributed by atoms with E-state index in [1.807, 2.05) is 6.08 Å². The minimum absolute atomic E-state index is 0.207. The van der Waals surface area contributed by atoms with Crippen molar-refractivity contribution in [2.24, 2.45) is 17.4 Å². The highest BCUT2D eigenvalue weighted by Crippen LogP contribution is 2.18. The summed E-state index contributed by atoms with van der Waals surface area (Å²) in [5.41, 5.74) is 10.5. The van der Waals surface area contributed by atoms with Gasteiger partial charge in [0, 0.05) is 0 Å². The van der Waals surface area contributed by atoms with E-state index in [2.05, 4.69) is 0 Å². The molecule has 4 nitrogen and oxygen atoms in total. The Hall–Kier alpha value is -1.29. The Kier molecular flexibility index (Phi) is 3.08. The van der Waals surface area contributed by atoms with Gasteiger partial charge in [-0.25, -0.2) is 0 Å². The molecular weight excluding hydrogens is 168 g/mol. The Bertz CT molecular complexity index is 258. The maximum absolute atomic E-state index is 10.6. The van der Waals surface area contributed by atoms with Gasteiger partial charge in [0.15, 0.2) is 0 Å². The molecule has 13 heavy (non-hydrogen) atoms. The van der Waals surface area contributed by atoms with Crippen LogP contribution in [0.5, 0.6) is 0 Å². The first-order chi connectivity index (χ1) is 6.09. The Morgan fingerprint density at radius 1 is 1.77 bits per heavy atom. The summed E-state index contributed by atoms with van der Waals surface area (Å²) in [7, 11) is 0. The number of allylic oxidation sites excluding steroid dienone is 3. The van der Waals surface area contributed by atoms with E-state index < -0.39 is 11.9 Å². The second-order valence-corrected chi connectivity index (χ2v) is 3.23. The second-order valence-electron chi connectivity index (χ2n) is 3.23. The number of aliphatic hydroxyl groups is 1. The van der Waals surface area contributed by atoms with Crippen molar-refractivity contribution in [2.45, 2.75) is 18.9 Å². The Balaban J connectivity index is 2.41. The summed E-state index contributed by atoms with van der Waals surface area (Å²) in [4.78, 5) is 10.6. The zero-order valence-electron chi connectivity index (χ0n) is 7.31. The van der Waals surface area contributed by atoms with E-state index >= 15 is 0 Å². The van der Waals surface area contributed by atoms with Crippen LogP contribution in [0.25, 0.3) is 0 Å². The first-order valence-electron chi connectivity index (χ1n) is 4.22. The number of hydrogen-bond donors (Lipinski definition) is 3. The minimum atomic E-state index is -0.594. The van der Waals surface area contributed by atoms with E-state index in [9.17, 15) is 4.79 Å². The predicted octanol–water partition coefficient (Wildman–Crippen LogP) is 0.207. The molecule has 0 heterocycles. The number of carbonyl (C=O) groups excluding carboxylic acids is 1. The van der Waals surface area contributed by atoms with Crippen LogP contribution in [0.3, 0.4) is 0 Å². The fourth-order valence-corrected chi connectivity index (χ4v) is 1.27. The molecule has 0 fully saturated rings. The molecule has 2 atom stereocenters. The van der Waals surface area contributed by atoms with Gasteiger partial charge in [-0.3, -0.25) is 4.79 Å². The van der Waals surface area contributed by atoms with Gasteiger partial charge in [0.2, 0.25) is 5.91 Å². The summed E-state index contributed by atoms with van der Waals surface area (Å²) in [6.45, 7) is 0. The molecule has 0 aromatic carbocycles. The highest BCUT2D eigenvalue weighted by atomic mass is 16.3. The summed E-state index contributed by atoms with van der Waals surface area (Å²) in [6, 6.07) is -0.594. The molecule has 4 heteroatoms. The quantitative estimate of drug-likeness (QED) is 0.582. The molecule has 1 aliphatic carbocycles. The molecule has 1 aliphatic rings. The van der Waals surface area contributed by atoms with E-state index in [0.717, 1.165) is 0 Å². The standard InChI is InChI=1S/C9H14N2O2/c10-8(9(11)13)5-6-1-3-7(12)4-2-6/h1,3-4,6,8,12H,2,5,10H2,(H2,11,13). The fourth-order valence-electron chi connectivity index (χ4n) is 1.27. The van der Waals surface area contributed by atoms with E-state index in [0.29, 0.717) is 12.8 Å². The zero-order chi connectivity index (χ0) is 9.84. The monoisotopic (exact) mass is 182 g/mol. The zero-order valence-corrected chi connectivity index (χ0v) is 7.31. The molecule has 0 spiro atoms. The first-order valence-corrected chi connectivity index (χ1v) is 4.22. The van der Waals surface area contributed by atoms with Crippen molar-refractivity contribution in [1.29, 1.82) is 0 Å². The summed E-state index contributed by atoms with van der Waals surface area (Å²) >= 11 is 0. The van der Waals surface area contributed by atoms with Crippen molar-refractivity contribution < 1.29 is 9.90 Å². The van der Waals surface area contributed by atoms with E-state index in [1.54, 1.807) is 12.2 Å². The number of hydrogen-bond acceptors (Lipinski definition) is 3. The number of rotatable bonds is 3. The van der Waals surface area contributed by atoms with Gasteiger partial charge in [-0.15, -0.1) is 0 Å². The van der Waals surface area contributed by atoms with Gasteiger partial charge in [-0.05, 0) is 30.9 Å². The van der Waals surface area contributed by atoms with Gasteiger partial charge in [-0.2, -0.15) is 0 Å². The maximum Gasteiger partial charge on any atom is 0.234 e. The molecule has 0 aromatic heterocycles. The topological polar surface area (TPSA) is 89.3 Å². The number of carbonyl (C=O) groups is 1.